The van der Waals surface area contributed by atoms with Gasteiger partial charge in [0.1, 0.15) is 0 Å². The minimum absolute atomic E-state index is 0.323. The zero-order valence-electron chi connectivity index (χ0n) is 9.51. The smallest absolute Gasteiger partial charge is 0.352 e. The number of hydrogen-bond acceptors (Lipinski definition) is 5. The fourth-order valence-electron chi connectivity index (χ4n) is 0.953. The number of hydrogen-bond donors (Lipinski definition) is 3. The molecule has 0 aliphatic rings. The monoisotopic (exact) mass is 215 g/mol. The standard InChI is InChI=1S/C10H21N3O2/c1-3-4-9(2)10(14)15-13-8-7-12-6-5-11/h4,12-13H,3,5-8,11H2,1-2H3. The van der Waals surface area contributed by atoms with E-state index >= 15 is 0 Å². The van der Waals surface area contributed by atoms with Crippen molar-refractivity contribution >= 4 is 5.97 Å². The Bertz CT molecular complexity index is 205. The number of allylic oxidation sites excluding steroid dienone is 1. The quantitative estimate of drug-likeness (QED) is 0.300. The van der Waals surface area contributed by atoms with E-state index < -0.39 is 0 Å². The Morgan fingerprint density at radius 3 is 2.73 bits per heavy atom. The lowest BCUT2D eigenvalue weighted by molar-refractivity contribution is -0.146. The van der Waals surface area contributed by atoms with Crippen LogP contribution in [0.3, 0.4) is 0 Å². The van der Waals surface area contributed by atoms with Crippen LogP contribution in [0, 0.1) is 0 Å². The van der Waals surface area contributed by atoms with E-state index in [1.54, 1.807) is 6.92 Å². The van der Waals surface area contributed by atoms with Crippen LogP contribution in [0.25, 0.3) is 0 Å². The molecule has 0 unspecified atom stereocenters. The number of carbonyl (C=O) groups excluding carboxylic acids is 1. The molecule has 15 heavy (non-hydrogen) atoms. The van der Waals surface area contributed by atoms with Gasteiger partial charge >= 0.3 is 5.97 Å². The van der Waals surface area contributed by atoms with Gasteiger partial charge in [-0.05, 0) is 13.3 Å². The van der Waals surface area contributed by atoms with Crippen molar-refractivity contribution in [3.05, 3.63) is 11.6 Å². The maximum absolute atomic E-state index is 11.2. The molecule has 5 heteroatoms. The largest absolute Gasteiger partial charge is 0.367 e. The molecule has 88 valence electrons. The van der Waals surface area contributed by atoms with Crippen molar-refractivity contribution in [3.63, 3.8) is 0 Å². The van der Waals surface area contributed by atoms with Crippen molar-refractivity contribution in [2.75, 3.05) is 26.2 Å². The van der Waals surface area contributed by atoms with Crippen molar-refractivity contribution in [2.45, 2.75) is 20.3 Å². The number of hydroxylamine groups is 1. The zero-order chi connectivity index (χ0) is 11.5. The molecule has 0 amide bonds. The molecule has 0 saturated carbocycles. The summed E-state index contributed by atoms with van der Waals surface area (Å²) in [5, 5.41) is 3.07. The molecule has 0 rings (SSSR count). The Morgan fingerprint density at radius 2 is 2.13 bits per heavy atom. The molecular formula is C10H21N3O2. The maximum atomic E-state index is 11.2. The molecular weight excluding hydrogens is 194 g/mol. The van der Waals surface area contributed by atoms with Crippen LogP contribution in [0.15, 0.2) is 11.6 Å². The Kier molecular flexibility index (Phi) is 9.05. The van der Waals surface area contributed by atoms with Crippen molar-refractivity contribution in [1.82, 2.24) is 10.8 Å². The Hall–Kier alpha value is -0.910. The summed E-state index contributed by atoms with van der Waals surface area (Å²) < 4.78 is 0. The van der Waals surface area contributed by atoms with Gasteiger partial charge in [0.15, 0.2) is 0 Å². The molecule has 0 bridgehead atoms. The molecule has 0 atom stereocenters. The third kappa shape index (κ3) is 8.11. The van der Waals surface area contributed by atoms with Crippen LogP contribution >= 0.6 is 0 Å². The number of carbonyl (C=O) groups is 1. The SMILES string of the molecule is CCC=C(C)C(=O)ONCCNCCN. The van der Waals surface area contributed by atoms with E-state index in [0.29, 0.717) is 18.7 Å². The molecule has 0 saturated heterocycles. The average Bonchev–Trinajstić information content (AvgIpc) is 2.23. The molecule has 0 aliphatic heterocycles. The fraction of sp³-hybridized carbons (Fsp3) is 0.700. The van der Waals surface area contributed by atoms with Gasteiger partial charge in [-0.25, -0.2) is 4.79 Å². The van der Waals surface area contributed by atoms with E-state index in [0.717, 1.165) is 19.5 Å². The van der Waals surface area contributed by atoms with Crippen molar-refractivity contribution in [3.8, 4) is 0 Å². The third-order valence-corrected chi connectivity index (χ3v) is 1.72. The minimum Gasteiger partial charge on any atom is -0.367 e. The lowest BCUT2D eigenvalue weighted by Crippen LogP contribution is -2.32. The van der Waals surface area contributed by atoms with E-state index in [9.17, 15) is 4.79 Å². The first-order chi connectivity index (χ1) is 7.22. The Labute approximate surface area is 91.0 Å². The lowest BCUT2D eigenvalue weighted by Gasteiger charge is -2.06. The summed E-state index contributed by atoms with van der Waals surface area (Å²) in [6, 6.07) is 0. The van der Waals surface area contributed by atoms with Gasteiger partial charge in [-0.3, -0.25) is 0 Å². The van der Waals surface area contributed by atoms with Crippen LogP contribution < -0.4 is 16.5 Å². The summed E-state index contributed by atoms with van der Waals surface area (Å²) in [6.07, 6.45) is 2.66. The van der Waals surface area contributed by atoms with Gasteiger partial charge in [0.05, 0.1) is 0 Å². The fourth-order valence-corrected chi connectivity index (χ4v) is 0.953. The van der Waals surface area contributed by atoms with E-state index in [2.05, 4.69) is 10.8 Å². The highest BCUT2D eigenvalue weighted by Crippen LogP contribution is 1.96. The van der Waals surface area contributed by atoms with Crippen LogP contribution in [-0.2, 0) is 9.63 Å². The third-order valence-electron chi connectivity index (χ3n) is 1.72. The van der Waals surface area contributed by atoms with Gasteiger partial charge in [0.25, 0.3) is 0 Å². The lowest BCUT2D eigenvalue weighted by atomic mass is 10.2. The first-order valence-electron chi connectivity index (χ1n) is 5.24. The predicted octanol–water partition coefficient (Wildman–Crippen LogP) is -0.0612. The van der Waals surface area contributed by atoms with Crippen molar-refractivity contribution < 1.29 is 9.63 Å². The molecule has 0 spiro atoms. The van der Waals surface area contributed by atoms with Crippen molar-refractivity contribution in [2.24, 2.45) is 5.73 Å². The first kappa shape index (κ1) is 14.1. The molecule has 0 aromatic rings. The molecule has 5 nitrogen and oxygen atoms in total. The van der Waals surface area contributed by atoms with E-state index in [4.69, 9.17) is 10.6 Å². The van der Waals surface area contributed by atoms with Crippen LogP contribution in [-0.4, -0.2) is 32.1 Å². The second-order valence-electron chi connectivity index (χ2n) is 3.12. The molecule has 0 heterocycles. The highest BCUT2D eigenvalue weighted by atomic mass is 16.7. The van der Waals surface area contributed by atoms with Crippen LogP contribution in [0.1, 0.15) is 20.3 Å². The van der Waals surface area contributed by atoms with Gasteiger partial charge in [-0.1, -0.05) is 13.0 Å². The maximum Gasteiger partial charge on any atom is 0.352 e. The summed E-state index contributed by atoms with van der Waals surface area (Å²) in [7, 11) is 0. The first-order valence-corrected chi connectivity index (χ1v) is 5.24. The van der Waals surface area contributed by atoms with Gasteiger partial charge in [-0.15, -0.1) is 0 Å². The normalized spacial score (nSPS) is 11.5. The van der Waals surface area contributed by atoms with Crippen molar-refractivity contribution in [1.29, 1.82) is 0 Å². The van der Waals surface area contributed by atoms with Crippen LogP contribution in [0.4, 0.5) is 0 Å². The summed E-state index contributed by atoms with van der Waals surface area (Å²) in [6.45, 7) is 6.38. The number of nitrogens with two attached hydrogens (primary N) is 1. The summed E-state index contributed by atoms with van der Waals surface area (Å²) in [5.41, 5.74) is 8.50. The Morgan fingerprint density at radius 1 is 1.40 bits per heavy atom. The van der Waals surface area contributed by atoms with Gasteiger partial charge in [-0.2, -0.15) is 5.48 Å². The summed E-state index contributed by atoms with van der Waals surface area (Å²) >= 11 is 0. The molecule has 0 aromatic heterocycles. The number of nitrogens with one attached hydrogen (secondary N) is 2. The average molecular weight is 215 g/mol. The zero-order valence-corrected chi connectivity index (χ0v) is 9.51. The highest BCUT2D eigenvalue weighted by Gasteiger charge is 2.03. The van der Waals surface area contributed by atoms with Crippen LogP contribution in [0.2, 0.25) is 0 Å². The van der Waals surface area contributed by atoms with Gasteiger partial charge < -0.3 is 15.9 Å². The van der Waals surface area contributed by atoms with Gasteiger partial charge in [0.2, 0.25) is 0 Å². The minimum atomic E-state index is -0.323. The second kappa shape index (κ2) is 9.64. The van der Waals surface area contributed by atoms with Crippen LogP contribution in [0.5, 0.6) is 0 Å². The predicted molar refractivity (Wildman–Crippen MR) is 60.1 cm³/mol. The molecule has 0 radical (unpaired) electrons. The number of rotatable bonds is 8. The Balaban J connectivity index is 3.43. The van der Waals surface area contributed by atoms with E-state index in [-0.39, 0.29) is 5.97 Å². The molecule has 0 aromatic carbocycles. The van der Waals surface area contributed by atoms with E-state index in [1.807, 2.05) is 13.0 Å². The highest BCUT2D eigenvalue weighted by molar-refractivity contribution is 5.87. The van der Waals surface area contributed by atoms with E-state index in [1.165, 1.54) is 0 Å². The summed E-state index contributed by atoms with van der Waals surface area (Å²) in [4.78, 5) is 16.0. The molecule has 0 aliphatic carbocycles. The molecule has 4 N–H and O–H groups in total. The molecule has 0 fully saturated rings. The topological polar surface area (TPSA) is 76.4 Å². The van der Waals surface area contributed by atoms with Gasteiger partial charge in [0, 0.05) is 31.8 Å². The second-order valence-corrected chi connectivity index (χ2v) is 3.12. The summed E-state index contributed by atoms with van der Waals surface area (Å²) in [5.74, 6) is -0.323.